The van der Waals surface area contributed by atoms with Gasteiger partial charge in [-0.3, -0.25) is 14.9 Å². The normalized spacial score (nSPS) is 13.2. The molecule has 0 bridgehead atoms. The third kappa shape index (κ3) is 13.3. The Hall–Kier alpha value is -3.14. The lowest BCUT2D eigenvalue weighted by molar-refractivity contribution is -0.167. The van der Waals surface area contributed by atoms with Crippen molar-refractivity contribution in [1.29, 1.82) is 0 Å². The van der Waals surface area contributed by atoms with Gasteiger partial charge in [0.2, 0.25) is 0 Å². The molecule has 0 heterocycles. The number of carboxylic acids is 1. The molecule has 0 aliphatic carbocycles. The van der Waals surface area contributed by atoms with Crippen molar-refractivity contribution in [3.8, 4) is 11.5 Å². The Kier molecular flexibility index (Phi) is 13.6. The lowest BCUT2D eigenvalue weighted by Crippen LogP contribution is -2.59. The molecule has 10 nitrogen and oxygen atoms in total. The van der Waals surface area contributed by atoms with Crippen LogP contribution in [0.4, 0.5) is 4.79 Å². The van der Waals surface area contributed by atoms with Gasteiger partial charge in [0.15, 0.2) is 11.5 Å². The van der Waals surface area contributed by atoms with E-state index < -0.39 is 29.8 Å². The number of rotatable bonds is 15. The maximum Gasteiger partial charge on any atom is 0.510 e. The Labute approximate surface area is 238 Å². The van der Waals surface area contributed by atoms with Gasteiger partial charge in [0.25, 0.3) is 5.72 Å². The molecule has 0 spiro atoms. The van der Waals surface area contributed by atoms with E-state index in [0.29, 0.717) is 24.3 Å². The third-order valence-electron chi connectivity index (χ3n) is 5.51. The van der Waals surface area contributed by atoms with E-state index in [1.807, 2.05) is 48.5 Å². The van der Waals surface area contributed by atoms with E-state index in [4.69, 9.17) is 18.9 Å². The molecule has 1 rings (SSSR count). The number of carboxylic acid groups (broad SMARTS) is 1. The topological polar surface area (TPSA) is 137 Å². The minimum absolute atomic E-state index is 0.0244. The zero-order chi connectivity index (χ0) is 30.7. The van der Waals surface area contributed by atoms with Gasteiger partial charge < -0.3 is 24.1 Å². The summed E-state index contributed by atoms with van der Waals surface area (Å²) in [6, 6.07) is 4.00. The molecule has 40 heavy (non-hydrogen) atoms. The highest BCUT2D eigenvalue weighted by atomic mass is 16.7. The van der Waals surface area contributed by atoms with Gasteiger partial charge in [-0.1, -0.05) is 54.5 Å². The predicted molar refractivity (Wildman–Crippen MR) is 150 cm³/mol. The second-order valence-corrected chi connectivity index (χ2v) is 12.4. The zero-order valence-corrected chi connectivity index (χ0v) is 25.4. The largest absolute Gasteiger partial charge is 0.510 e. The summed E-state index contributed by atoms with van der Waals surface area (Å²) in [5.41, 5.74) is -2.18. The van der Waals surface area contributed by atoms with Gasteiger partial charge in [-0.25, -0.2) is 9.59 Å². The van der Waals surface area contributed by atoms with E-state index >= 15 is 0 Å². The van der Waals surface area contributed by atoms with Crippen molar-refractivity contribution in [2.75, 3.05) is 6.61 Å². The van der Waals surface area contributed by atoms with E-state index in [1.54, 1.807) is 13.8 Å². The standard InChI is InChI=1S/C30H47NO9/c1-19(2)10-14-25(32)38-23-13-12-22(16-24(23)39-26(33)15-11-20(3)4)17-30(27(34)35,31-21(5)6)40-28(36)37-18-29(7,8)9/h12-13,16,19-21,31H,10-11,14-15,17-18H2,1-9H3,(H,34,35)/t30-/m0/s1. The van der Waals surface area contributed by atoms with Crippen LogP contribution >= 0.6 is 0 Å². The quantitative estimate of drug-likeness (QED) is 0.150. The number of carbonyl (C=O) groups is 4. The molecular weight excluding hydrogens is 518 g/mol. The van der Waals surface area contributed by atoms with Crippen molar-refractivity contribution in [1.82, 2.24) is 5.32 Å². The lowest BCUT2D eigenvalue weighted by Gasteiger charge is -2.32. The van der Waals surface area contributed by atoms with Crippen molar-refractivity contribution < 1.29 is 43.2 Å². The minimum Gasteiger partial charge on any atom is -0.477 e. The van der Waals surface area contributed by atoms with Crippen LogP contribution in [0.1, 0.15) is 93.6 Å². The molecule has 0 saturated heterocycles. The SMILES string of the molecule is CC(C)CCC(=O)Oc1ccc(C[C@](NC(C)C)(OC(=O)OCC(C)(C)C)C(=O)O)cc1OC(=O)CCC(C)C. The summed E-state index contributed by atoms with van der Waals surface area (Å²) >= 11 is 0. The molecule has 226 valence electrons. The number of nitrogens with one attached hydrogen (secondary N) is 1. The molecule has 0 radical (unpaired) electrons. The maximum absolute atomic E-state index is 12.6. The summed E-state index contributed by atoms with van der Waals surface area (Å²) in [7, 11) is 0. The molecule has 0 fully saturated rings. The number of esters is 2. The van der Waals surface area contributed by atoms with E-state index in [0.717, 1.165) is 0 Å². The van der Waals surface area contributed by atoms with Gasteiger partial charge in [-0.15, -0.1) is 0 Å². The third-order valence-corrected chi connectivity index (χ3v) is 5.51. The first kappa shape index (κ1) is 34.9. The Morgan fingerprint density at radius 2 is 1.38 bits per heavy atom. The summed E-state index contributed by atoms with van der Waals surface area (Å²) < 4.78 is 21.6. The number of carbonyl (C=O) groups excluding carboxylic acids is 3. The van der Waals surface area contributed by atoms with Crippen LogP contribution in [-0.4, -0.2) is 47.5 Å². The summed E-state index contributed by atoms with van der Waals surface area (Å²) in [5.74, 6) is -1.84. The highest BCUT2D eigenvalue weighted by molar-refractivity contribution is 5.81. The van der Waals surface area contributed by atoms with E-state index in [-0.39, 0.29) is 54.7 Å². The highest BCUT2D eigenvalue weighted by Crippen LogP contribution is 2.32. The van der Waals surface area contributed by atoms with Crippen molar-refractivity contribution in [2.24, 2.45) is 17.3 Å². The molecule has 0 aromatic heterocycles. The van der Waals surface area contributed by atoms with Gasteiger partial charge in [0, 0.05) is 25.3 Å². The van der Waals surface area contributed by atoms with Crippen molar-refractivity contribution in [2.45, 2.75) is 106 Å². The molecular formula is C30H47NO9. The lowest BCUT2D eigenvalue weighted by atomic mass is 9.99. The summed E-state index contributed by atoms with van der Waals surface area (Å²) in [6.45, 7) is 17.0. The Balaban J connectivity index is 3.37. The number of aliphatic carboxylic acids is 1. The first-order chi connectivity index (χ1) is 18.4. The Morgan fingerprint density at radius 3 is 1.82 bits per heavy atom. The van der Waals surface area contributed by atoms with Crippen LogP contribution < -0.4 is 14.8 Å². The van der Waals surface area contributed by atoms with E-state index in [2.05, 4.69) is 5.32 Å². The van der Waals surface area contributed by atoms with Crippen LogP contribution in [0, 0.1) is 17.3 Å². The Morgan fingerprint density at radius 1 is 0.850 bits per heavy atom. The number of ether oxygens (including phenoxy) is 4. The minimum atomic E-state index is -2.18. The zero-order valence-electron chi connectivity index (χ0n) is 25.4. The molecule has 1 aromatic rings. The van der Waals surface area contributed by atoms with Gasteiger partial charge in [-0.05, 0) is 61.6 Å². The molecule has 0 aliphatic heterocycles. The monoisotopic (exact) mass is 565 g/mol. The number of hydrogen-bond donors (Lipinski definition) is 2. The summed E-state index contributed by atoms with van der Waals surface area (Å²) in [6.07, 6.45) is 0.104. The van der Waals surface area contributed by atoms with E-state index in [9.17, 15) is 24.3 Å². The van der Waals surface area contributed by atoms with Crippen LogP contribution in [-0.2, 0) is 30.3 Å². The van der Waals surface area contributed by atoms with Gasteiger partial charge >= 0.3 is 24.1 Å². The molecule has 1 aromatic carbocycles. The van der Waals surface area contributed by atoms with Gasteiger partial charge in [-0.2, -0.15) is 0 Å². The molecule has 1 atom stereocenters. The van der Waals surface area contributed by atoms with Crippen LogP contribution in [0.25, 0.3) is 0 Å². The average Bonchev–Trinajstić information content (AvgIpc) is 2.80. The second-order valence-electron chi connectivity index (χ2n) is 12.4. The fraction of sp³-hybridized carbons (Fsp3) is 0.667. The number of hydrogen-bond acceptors (Lipinski definition) is 9. The van der Waals surface area contributed by atoms with Crippen molar-refractivity contribution >= 4 is 24.1 Å². The fourth-order valence-corrected chi connectivity index (χ4v) is 3.49. The first-order valence-corrected chi connectivity index (χ1v) is 13.8. The molecule has 10 heteroatoms. The number of benzene rings is 1. The van der Waals surface area contributed by atoms with Crippen LogP contribution in [0.15, 0.2) is 18.2 Å². The second kappa shape index (κ2) is 15.6. The molecule has 0 aliphatic rings. The maximum atomic E-state index is 12.6. The van der Waals surface area contributed by atoms with E-state index in [1.165, 1.54) is 18.2 Å². The summed E-state index contributed by atoms with van der Waals surface area (Å²) in [4.78, 5) is 50.0. The van der Waals surface area contributed by atoms with Crippen LogP contribution in [0.3, 0.4) is 0 Å². The van der Waals surface area contributed by atoms with Crippen molar-refractivity contribution in [3.05, 3.63) is 23.8 Å². The fourth-order valence-electron chi connectivity index (χ4n) is 3.49. The smallest absolute Gasteiger partial charge is 0.477 e. The van der Waals surface area contributed by atoms with Crippen LogP contribution in [0.5, 0.6) is 11.5 Å². The predicted octanol–water partition coefficient (Wildman–Crippen LogP) is 5.89. The van der Waals surface area contributed by atoms with Crippen LogP contribution in [0.2, 0.25) is 0 Å². The molecule has 0 unspecified atom stereocenters. The highest BCUT2D eigenvalue weighted by Gasteiger charge is 2.44. The van der Waals surface area contributed by atoms with Gasteiger partial charge in [0.05, 0.1) is 6.61 Å². The van der Waals surface area contributed by atoms with Crippen molar-refractivity contribution in [3.63, 3.8) is 0 Å². The molecule has 2 N–H and O–H groups in total. The summed E-state index contributed by atoms with van der Waals surface area (Å²) in [5, 5.41) is 13.0. The average molecular weight is 566 g/mol. The van der Waals surface area contributed by atoms with Gasteiger partial charge in [0.1, 0.15) is 0 Å². The molecule has 0 saturated carbocycles. The first-order valence-electron chi connectivity index (χ1n) is 13.8. The molecule has 0 amide bonds. The Bertz CT molecular complexity index is 1010.